The molecule has 0 amide bonds. The molecule has 3 nitrogen and oxygen atoms in total. The molecule has 0 saturated carbocycles. The predicted molar refractivity (Wildman–Crippen MR) is 65.3 cm³/mol. The monoisotopic (exact) mass is 273 g/mol. The Morgan fingerprint density at radius 3 is 2.31 bits per heavy atom. The van der Waals surface area contributed by atoms with Crippen LogP contribution in [0.25, 0.3) is 11.3 Å². The van der Waals surface area contributed by atoms with Crippen LogP contribution in [0.15, 0.2) is 34.5 Å². The summed E-state index contributed by atoms with van der Waals surface area (Å²) < 4.78 is 22.1. The summed E-state index contributed by atoms with van der Waals surface area (Å²) in [4.78, 5) is 4.41. The van der Waals surface area contributed by atoms with Crippen molar-refractivity contribution in [2.75, 3.05) is 0 Å². The van der Waals surface area contributed by atoms with Crippen LogP contribution in [0.1, 0.15) is 5.01 Å². The fourth-order valence-electron chi connectivity index (χ4n) is 1.28. The molecule has 0 aliphatic rings. The second-order valence-corrected chi connectivity index (χ2v) is 6.84. The van der Waals surface area contributed by atoms with E-state index in [1.54, 1.807) is 23.5 Å². The minimum atomic E-state index is -3.64. The minimum Gasteiger partial charge on any atom is -0.242 e. The van der Waals surface area contributed by atoms with Crippen LogP contribution >= 0.6 is 22.0 Å². The van der Waals surface area contributed by atoms with Crippen LogP contribution < -0.4 is 0 Å². The number of hydrogen-bond donors (Lipinski definition) is 0. The normalized spacial score (nSPS) is 11.6. The van der Waals surface area contributed by atoms with Crippen molar-refractivity contribution in [3.8, 4) is 11.3 Å². The van der Waals surface area contributed by atoms with Gasteiger partial charge in [0.2, 0.25) is 0 Å². The van der Waals surface area contributed by atoms with Crippen molar-refractivity contribution in [1.29, 1.82) is 0 Å². The highest BCUT2D eigenvalue weighted by Gasteiger charge is 2.10. The van der Waals surface area contributed by atoms with E-state index in [0.717, 1.165) is 16.3 Å². The first kappa shape index (κ1) is 11.6. The zero-order valence-electron chi connectivity index (χ0n) is 8.34. The average Bonchev–Trinajstić information content (AvgIpc) is 2.64. The summed E-state index contributed by atoms with van der Waals surface area (Å²) in [5.74, 6) is 0. The van der Waals surface area contributed by atoms with E-state index in [0.29, 0.717) is 0 Å². The largest absolute Gasteiger partial charge is 0.261 e. The fraction of sp³-hybridized carbons (Fsp3) is 0.100. The fourth-order valence-corrected chi connectivity index (χ4v) is 2.68. The van der Waals surface area contributed by atoms with E-state index >= 15 is 0 Å². The summed E-state index contributed by atoms with van der Waals surface area (Å²) in [5.41, 5.74) is 1.73. The molecule has 1 aromatic heterocycles. The van der Waals surface area contributed by atoms with Crippen LogP contribution in [0.3, 0.4) is 0 Å². The Morgan fingerprint density at radius 2 is 1.88 bits per heavy atom. The van der Waals surface area contributed by atoms with Gasteiger partial charge < -0.3 is 0 Å². The smallest absolute Gasteiger partial charge is 0.242 e. The number of aromatic nitrogens is 1. The molecule has 16 heavy (non-hydrogen) atoms. The van der Waals surface area contributed by atoms with Gasteiger partial charge in [0.1, 0.15) is 0 Å². The summed E-state index contributed by atoms with van der Waals surface area (Å²) in [7, 11) is 1.58. The lowest BCUT2D eigenvalue weighted by molar-refractivity contribution is 0.609. The highest BCUT2D eigenvalue weighted by Crippen LogP contribution is 2.23. The Labute approximate surface area is 102 Å². The third-order valence-corrected chi connectivity index (χ3v) is 4.19. The summed E-state index contributed by atoms with van der Waals surface area (Å²) in [6.07, 6.45) is 0. The van der Waals surface area contributed by atoms with Gasteiger partial charge in [-0.15, -0.1) is 11.3 Å². The standard InChI is InChI=1S/C10H8ClNO2S2/c1-7-12-10(6-15-7)8-2-4-9(5-3-8)16(11,13)14/h2-6H,1H3. The van der Waals surface area contributed by atoms with Crippen molar-refractivity contribution in [3.05, 3.63) is 34.7 Å². The van der Waals surface area contributed by atoms with Crippen molar-refractivity contribution in [3.63, 3.8) is 0 Å². The first-order valence-corrected chi connectivity index (χ1v) is 7.63. The molecule has 1 aromatic carbocycles. The maximum absolute atomic E-state index is 11.0. The molecule has 6 heteroatoms. The molecule has 0 unspecified atom stereocenters. The van der Waals surface area contributed by atoms with Gasteiger partial charge in [0, 0.05) is 21.6 Å². The summed E-state index contributed by atoms with van der Waals surface area (Å²) in [6.45, 7) is 1.92. The second kappa shape index (κ2) is 4.16. The second-order valence-electron chi connectivity index (χ2n) is 3.21. The number of aryl methyl sites for hydroxylation is 1. The molecule has 1 heterocycles. The predicted octanol–water partition coefficient (Wildman–Crippen LogP) is 3.05. The van der Waals surface area contributed by atoms with Crippen LogP contribution in [0.5, 0.6) is 0 Å². The van der Waals surface area contributed by atoms with Crippen molar-refractivity contribution in [2.45, 2.75) is 11.8 Å². The third-order valence-electron chi connectivity index (χ3n) is 2.05. The molecule has 0 atom stereocenters. The molecule has 2 aromatic rings. The molecule has 0 N–H and O–H groups in total. The number of hydrogen-bond acceptors (Lipinski definition) is 4. The number of rotatable bonds is 2. The zero-order chi connectivity index (χ0) is 11.8. The van der Waals surface area contributed by atoms with Crippen molar-refractivity contribution in [2.24, 2.45) is 0 Å². The van der Waals surface area contributed by atoms with Crippen molar-refractivity contribution < 1.29 is 8.42 Å². The highest BCUT2D eigenvalue weighted by molar-refractivity contribution is 8.13. The Kier molecular flexibility index (Phi) is 3.01. The number of benzene rings is 1. The molecule has 0 bridgehead atoms. The first-order chi connectivity index (χ1) is 7.47. The Bertz CT molecular complexity index is 602. The number of thiazole rings is 1. The lowest BCUT2D eigenvalue weighted by Crippen LogP contribution is -1.89. The molecule has 0 aliphatic carbocycles. The van der Waals surface area contributed by atoms with Gasteiger partial charge in [-0.3, -0.25) is 0 Å². The van der Waals surface area contributed by atoms with E-state index < -0.39 is 9.05 Å². The van der Waals surface area contributed by atoms with Gasteiger partial charge in [0.05, 0.1) is 15.6 Å². The van der Waals surface area contributed by atoms with Crippen LogP contribution in [0, 0.1) is 6.92 Å². The van der Waals surface area contributed by atoms with Gasteiger partial charge in [-0.25, -0.2) is 13.4 Å². The molecule has 0 radical (unpaired) electrons. The molecule has 84 valence electrons. The number of nitrogens with zero attached hydrogens (tertiary/aromatic N) is 1. The van der Waals surface area contributed by atoms with Crippen molar-refractivity contribution in [1.82, 2.24) is 4.98 Å². The molecule has 0 fully saturated rings. The van der Waals surface area contributed by atoms with Gasteiger partial charge in [0.25, 0.3) is 9.05 Å². The molecule has 2 rings (SSSR count). The Hall–Kier alpha value is -0.910. The molecular weight excluding hydrogens is 266 g/mol. The first-order valence-electron chi connectivity index (χ1n) is 4.44. The highest BCUT2D eigenvalue weighted by atomic mass is 35.7. The zero-order valence-corrected chi connectivity index (χ0v) is 10.7. The van der Waals surface area contributed by atoms with E-state index in [1.165, 1.54) is 12.1 Å². The van der Waals surface area contributed by atoms with E-state index in [-0.39, 0.29) is 4.90 Å². The lowest BCUT2D eigenvalue weighted by atomic mass is 10.2. The maximum Gasteiger partial charge on any atom is 0.261 e. The molecular formula is C10H8ClNO2S2. The van der Waals surface area contributed by atoms with Crippen LogP contribution in [0.2, 0.25) is 0 Å². The quantitative estimate of drug-likeness (QED) is 0.790. The van der Waals surface area contributed by atoms with Gasteiger partial charge in [-0.2, -0.15) is 0 Å². The van der Waals surface area contributed by atoms with E-state index in [9.17, 15) is 8.42 Å². The summed E-state index contributed by atoms with van der Waals surface area (Å²) in [5, 5.41) is 2.91. The van der Waals surface area contributed by atoms with E-state index in [1.807, 2.05) is 12.3 Å². The average molecular weight is 274 g/mol. The molecule has 0 spiro atoms. The van der Waals surface area contributed by atoms with Crippen molar-refractivity contribution >= 4 is 31.1 Å². The summed E-state index contributed by atoms with van der Waals surface area (Å²) >= 11 is 1.55. The molecule has 0 saturated heterocycles. The number of halogens is 1. The minimum absolute atomic E-state index is 0.102. The Balaban J connectivity index is 2.40. The van der Waals surface area contributed by atoms with Crippen LogP contribution in [-0.4, -0.2) is 13.4 Å². The van der Waals surface area contributed by atoms with Gasteiger partial charge in [0.15, 0.2) is 0 Å². The third kappa shape index (κ3) is 2.42. The van der Waals surface area contributed by atoms with E-state index in [4.69, 9.17) is 10.7 Å². The topological polar surface area (TPSA) is 47.0 Å². The maximum atomic E-state index is 11.0. The van der Waals surface area contributed by atoms with Gasteiger partial charge in [-0.05, 0) is 19.1 Å². The summed E-state index contributed by atoms with van der Waals surface area (Å²) in [6, 6.07) is 6.35. The van der Waals surface area contributed by atoms with Crippen LogP contribution in [0.4, 0.5) is 0 Å². The van der Waals surface area contributed by atoms with Gasteiger partial charge in [-0.1, -0.05) is 12.1 Å². The van der Waals surface area contributed by atoms with Crippen LogP contribution in [-0.2, 0) is 9.05 Å². The molecule has 0 aliphatic heterocycles. The van der Waals surface area contributed by atoms with E-state index in [2.05, 4.69) is 4.98 Å². The Morgan fingerprint density at radius 1 is 1.25 bits per heavy atom. The SMILES string of the molecule is Cc1nc(-c2ccc(S(=O)(=O)Cl)cc2)cs1. The lowest BCUT2D eigenvalue weighted by Gasteiger charge is -1.98. The van der Waals surface area contributed by atoms with Gasteiger partial charge >= 0.3 is 0 Å².